The lowest BCUT2D eigenvalue weighted by Crippen LogP contribution is -2.37. The number of nitrogens with zero attached hydrogens (tertiary/aromatic N) is 3. The molecule has 3 aromatic rings. The average molecular weight is 410 g/mol. The topological polar surface area (TPSA) is 90.0 Å². The number of aromatic nitrogens is 3. The van der Waals surface area contributed by atoms with E-state index < -0.39 is 17.4 Å². The Bertz CT molecular complexity index is 1130. The Morgan fingerprint density at radius 2 is 1.86 bits per heavy atom. The molecule has 0 bridgehead atoms. The van der Waals surface area contributed by atoms with E-state index in [9.17, 15) is 22.8 Å². The van der Waals surface area contributed by atoms with Gasteiger partial charge in [0.2, 0.25) is 17.2 Å². The molecule has 0 aliphatic heterocycles. The van der Waals surface area contributed by atoms with Crippen molar-refractivity contribution in [3.8, 4) is 0 Å². The molecular weight excluding hydrogens is 389 g/mol. The zero-order valence-electron chi connectivity index (χ0n) is 16.4. The standard InChI is InChI=1S/C19H21F3N4O3/c1-9(2)7-13-24-15-11-5-6-12(19(20,21)22)23-17(11)29-16(15)18(28)26(13)25-14(27)8-10(3)4/h5-6,9-10H,7-8H2,1-4H3,(H,25,27). The van der Waals surface area contributed by atoms with Crippen LogP contribution in [0.1, 0.15) is 45.6 Å². The van der Waals surface area contributed by atoms with Crippen LogP contribution in [0.3, 0.4) is 0 Å². The van der Waals surface area contributed by atoms with Gasteiger partial charge in [0.15, 0.2) is 0 Å². The summed E-state index contributed by atoms with van der Waals surface area (Å²) in [7, 11) is 0. The second-order valence-electron chi connectivity index (χ2n) is 7.73. The summed E-state index contributed by atoms with van der Waals surface area (Å²) in [6, 6.07) is 2.00. The molecule has 0 spiro atoms. The first kappa shape index (κ1) is 20.8. The van der Waals surface area contributed by atoms with Gasteiger partial charge in [-0.25, -0.2) is 9.97 Å². The summed E-state index contributed by atoms with van der Waals surface area (Å²) >= 11 is 0. The second-order valence-corrected chi connectivity index (χ2v) is 7.73. The van der Waals surface area contributed by atoms with Crippen LogP contribution in [0.5, 0.6) is 0 Å². The van der Waals surface area contributed by atoms with Gasteiger partial charge in [0.05, 0.1) is 5.39 Å². The number of hydrogen-bond donors (Lipinski definition) is 1. The van der Waals surface area contributed by atoms with E-state index >= 15 is 0 Å². The van der Waals surface area contributed by atoms with Gasteiger partial charge in [0.25, 0.3) is 0 Å². The van der Waals surface area contributed by atoms with E-state index in [0.717, 1.165) is 10.7 Å². The highest BCUT2D eigenvalue weighted by atomic mass is 19.4. The van der Waals surface area contributed by atoms with Gasteiger partial charge in [-0.05, 0) is 24.0 Å². The van der Waals surface area contributed by atoms with Gasteiger partial charge in [0, 0.05) is 12.8 Å². The maximum absolute atomic E-state index is 13.0. The molecule has 1 N–H and O–H groups in total. The number of pyridine rings is 1. The van der Waals surface area contributed by atoms with E-state index in [2.05, 4.69) is 15.4 Å². The molecule has 0 fully saturated rings. The molecule has 3 aromatic heterocycles. The average Bonchev–Trinajstić information content (AvgIpc) is 2.94. The zero-order valence-corrected chi connectivity index (χ0v) is 16.4. The third kappa shape index (κ3) is 4.25. The van der Waals surface area contributed by atoms with Crippen LogP contribution in [-0.2, 0) is 17.4 Å². The molecule has 0 aliphatic rings. The van der Waals surface area contributed by atoms with Crippen LogP contribution in [0, 0.1) is 11.8 Å². The second kappa shape index (κ2) is 7.49. The number of amides is 1. The minimum atomic E-state index is -4.64. The number of halogens is 3. The SMILES string of the molecule is CC(C)CC(=O)Nn1c(CC(C)C)nc2c(oc3nc(C(F)(F)F)ccc32)c1=O. The summed E-state index contributed by atoms with van der Waals surface area (Å²) in [6.45, 7) is 7.56. The zero-order chi connectivity index (χ0) is 21.5. The first-order valence-corrected chi connectivity index (χ1v) is 9.19. The van der Waals surface area contributed by atoms with Crippen molar-refractivity contribution in [1.82, 2.24) is 14.6 Å². The van der Waals surface area contributed by atoms with Crippen molar-refractivity contribution in [2.45, 2.75) is 46.7 Å². The maximum atomic E-state index is 13.0. The summed E-state index contributed by atoms with van der Waals surface area (Å²) < 4.78 is 45.1. The Hall–Kier alpha value is -2.91. The van der Waals surface area contributed by atoms with Crippen molar-refractivity contribution >= 4 is 28.1 Å². The molecule has 0 radical (unpaired) electrons. The number of alkyl halides is 3. The molecule has 0 atom stereocenters. The normalized spacial score (nSPS) is 12.4. The van der Waals surface area contributed by atoms with Crippen molar-refractivity contribution in [2.24, 2.45) is 11.8 Å². The van der Waals surface area contributed by atoms with E-state index in [4.69, 9.17) is 4.42 Å². The molecular formula is C19H21F3N4O3. The Labute approximate surface area is 163 Å². The van der Waals surface area contributed by atoms with Crippen molar-refractivity contribution in [2.75, 3.05) is 5.43 Å². The number of carbonyl (C=O) groups excluding carboxylic acids is 1. The molecule has 3 rings (SSSR count). The predicted molar refractivity (Wildman–Crippen MR) is 101 cm³/mol. The fraction of sp³-hybridized carbons (Fsp3) is 0.474. The van der Waals surface area contributed by atoms with E-state index in [1.54, 1.807) is 0 Å². The lowest BCUT2D eigenvalue weighted by atomic mass is 10.1. The van der Waals surface area contributed by atoms with Crippen LogP contribution in [0.25, 0.3) is 22.2 Å². The quantitative estimate of drug-likeness (QED) is 0.690. The third-order valence-corrected chi connectivity index (χ3v) is 4.14. The molecule has 0 saturated heterocycles. The lowest BCUT2D eigenvalue weighted by Gasteiger charge is -2.15. The molecule has 29 heavy (non-hydrogen) atoms. The highest BCUT2D eigenvalue weighted by Gasteiger charge is 2.33. The van der Waals surface area contributed by atoms with E-state index in [0.29, 0.717) is 6.42 Å². The Kier molecular flexibility index (Phi) is 5.38. The summed E-state index contributed by atoms with van der Waals surface area (Å²) in [5.41, 5.74) is 0.232. The first-order chi connectivity index (χ1) is 13.5. The maximum Gasteiger partial charge on any atom is 0.433 e. The monoisotopic (exact) mass is 410 g/mol. The van der Waals surface area contributed by atoms with E-state index in [1.165, 1.54) is 6.07 Å². The van der Waals surface area contributed by atoms with Gasteiger partial charge in [-0.1, -0.05) is 27.7 Å². The van der Waals surface area contributed by atoms with Crippen LogP contribution in [-0.4, -0.2) is 20.6 Å². The lowest BCUT2D eigenvalue weighted by molar-refractivity contribution is -0.141. The van der Waals surface area contributed by atoms with Crippen molar-refractivity contribution < 1.29 is 22.4 Å². The Morgan fingerprint density at radius 1 is 1.17 bits per heavy atom. The van der Waals surface area contributed by atoms with Crippen LogP contribution in [0.15, 0.2) is 21.3 Å². The predicted octanol–water partition coefficient (Wildman–Crippen LogP) is 3.87. The number of fused-ring (bicyclic) bond motifs is 3. The summed E-state index contributed by atoms with van der Waals surface area (Å²) in [5, 5.41) is 0.204. The number of nitrogens with one attached hydrogen (secondary N) is 1. The minimum Gasteiger partial charge on any atom is -0.430 e. The minimum absolute atomic E-state index is 0.0760. The number of carbonyl (C=O) groups is 1. The molecule has 1 amide bonds. The molecule has 156 valence electrons. The van der Waals surface area contributed by atoms with Crippen LogP contribution in [0.2, 0.25) is 0 Å². The highest BCUT2D eigenvalue weighted by molar-refractivity contribution is 6.00. The van der Waals surface area contributed by atoms with Crippen molar-refractivity contribution in [3.05, 3.63) is 34.0 Å². The molecule has 0 unspecified atom stereocenters. The van der Waals surface area contributed by atoms with Crippen LogP contribution >= 0.6 is 0 Å². The van der Waals surface area contributed by atoms with Gasteiger partial charge in [-0.2, -0.15) is 17.8 Å². The smallest absolute Gasteiger partial charge is 0.430 e. The van der Waals surface area contributed by atoms with Crippen LogP contribution in [0.4, 0.5) is 13.2 Å². The van der Waals surface area contributed by atoms with Crippen molar-refractivity contribution in [1.29, 1.82) is 0 Å². The fourth-order valence-corrected chi connectivity index (χ4v) is 2.94. The molecule has 0 aliphatic carbocycles. The number of hydrogen-bond acceptors (Lipinski definition) is 5. The molecule has 3 heterocycles. The molecule has 0 saturated carbocycles. The largest absolute Gasteiger partial charge is 0.433 e. The summed E-state index contributed by atoms with van der Waals surface area (Å²) in [6.07, 6.45) is -4.08. The molecule has 0 aromatic carbocycles. The Morgan fingerprint density at radius 3 is 2.45 bits per heavy atom. The van der Waals surface area contributed by atoms with Gasteiger partial charge in [-0.3, -0.25) is 15.0 Å². The Balaban J connectivity index is 2.21. The molecule has 10 heteroatoms. The van der Waals surface area contributed by atoms with Crippen molar-refractivity contribution in [3.63, 3.8) is 0 Å². The number of furan rings is 1. The molecule has 7 nitrogen and oxygen atoms in total. The summed E-state index contributed by atoms with van der Waals surface area (Å²) in [4.78, 5) is 33.1. The van der Waals surface area contributed by atoms with E-state index in [1.807, 2.05) is 27.7 Å². The number of rotatable bonds is 5. The fourth-order valence-electron chi connectivity index (χ4n) is 2.94. The van der Waals surface area contributed by atoms with E-state index in [-0.39, 0.29) is 52.2 Å². The van der Waals surface area contributed by atoms with Crippen LogP contribution < -0.4 is 11.0 Å². The van der Waals surface area contributed by atoms with Gasteiger partial charge in [0.1, 0.15) is 17.0 Å². The highest BCUT2D eigenvalue weighted by Crippen LogP contribution is 2.31. The first-order valence-electron chi connectivity index (χ1n) is 9.19. The summed E-state index contributed by atoms with van der Waals surface area (Å²) in [5.74, 6) is 0.104. The third-order valence-electron chi connectivity index (χ3n) is 4.14. The van der Waals surface area contributed by atoms with Gasteiger partial charge < -0.3 is 4.42 Å². The van der Waals surface area contributed by atoms with Gasteiger partial charge in [-0.15, -0.1) is 0 Å². The van der Waals surface area contributed by atoms with Gasteiger partial charge >= 0.3 is 11.7 Å².